The van der Waals surface area contributed by atoms with Gasteiger partial charge in [0, 0.05) is 12.6 Å². The van der Waals surface area contributed by atoms with Crippen molar-refractivity contribution in [3.63, 3.8) is 0 Å². The van der Waals surface area contributed by atoms with E-state index in [9.17, 15) is 4.79 Å². The van der Waals surface area contributed by atoms with Crippen LogP contribution in [0, 0.1) is 0 Å². The summed E-state index contributed by atoms with van der Waals surface area (Å²) < 4.78 is 13.7. The van der Waals surface area contributed by atoms with Crippen LogP contribution in [0.3, 0.4) is 0 Å². The molecular weight excluding hydrogens is 398 g/mol. The number of Topliss-reactive ketones (excluding diaryl/α,β-unsaturated/α-hetero) is 1. The van der Waals surface area contributed by atoms with E-state index in [4.69, 9.17) is 9.47 Å². The lowest BCUT2D eigenvalue weighted by atomic mass is 9.86. The second-order valence-electron chi connectivity index (χ2n) is 8.30. The minimum Gasteiger partial charge on any atom is -0.485 e. The average Bonchev–Trinajstić information content (AvgIpc) is 3.11. The lowest BCUT2D eigenvalue weighted by molar-refractivity contribution is 0.0825. The van der Waals surface area contributed by atoms with E-state index < -0.39 is 0 Å². The smallest absolute Gasteiger partial charge is 0.192 e. The summed E-state index contributed by atoms with van der Waals surface area (Å²) in [5.74, 6) is 2.46. The van der Waals surface area contributed by atoms with Gasteiger partial charge in [0.05, 0.1) is 5.75 Å². The molecule has 6 nitrogen and oxygen atoms in total. The summed E-state index contributed by atoms with van der Waals surface area (Å²) >= 11 is 1.37. The van der Waals surface area contributed by atoms with Crippen molar-refractivity contribution in [1.29, 1.82) is 0 Å². The first-order valence-corrected chi connectivity index (χ1v) is 10.9. The highest BCUT2D eigenvalue weighted by Crippen LogP contribution is 2.35. The summed E-state index contributed by atoms with van der Waals surface area (Å²) in [6.07, 6.45) is -0.340. The molecule has 1 aliphatic rings. The number of fused-ring (bicyclic) bond motifs is 1. The number of carbonyl (C=O) groups excluding carboxylic acids is 1. The van der Waals surface area contributed by atoms with Gasteiger partial charge in [0.25, 0.3) is 0 Å². The Hall–Kier alpha value is -2.80. The summed E-state index contributed by atoms with van der Waals surface area (Å²) in [5, 5.41) is 9.20. The van der Waals surface area contributed by atoms with Gasteiger partial charge in [-0.2, -0.15) is 0 Å². The summed E-state index contributed by atoms with van der Waals surface area (Å²) in [5.41, 5.74) is 1.98. The van der Waals surface area contributed by atoms with E-state index in [-0.39, 0.29) is 17.3 Å². The second-order valence-corrected chi connectivity index (χ2v) is 9.25. The molecule has 7 heteroatoms. The van der Waals surface area contributed by atoms with Gasteiger partial charge in [-0.3, -0.25) is 4.79 Å². The number of rotatable bonds is 5. The topological polar surface area (TPSA) is 66.2 Å². The fourth-order valence-electron chi connectivity index (χ4n) is 3.25. The molecule has 0 saturated heterocycles. The molecule has 2 aromatic carbocycles. The van der Waals surface area contributed by atoms with Crippen LogP contribution < -0.4 is 9.47 Å². The highest BCUT2D eigenvalue weighted by Gasteiger charge is 2.27. The van der Waals surface area contributed by atoms with Crippen molar-refractivity contribution in [2.45, 2.75) is 37.4 Å². The van der Waals surface area contributed by atoms with Crippen molar-refractivity contribution in [2.75, 3.05) is 12.4 Å². The van der Waals surface area contributed by atoms with E-state index in [0.717, 1.165) is 5.75 Å². The third kappa shape index (κ3) is 4.21. The Bertz CT molecular complexity index is 1050. The average molecular weight is 424 g/mol. The van der Waals surface area contributed by atoms with Gasteiger partial charge in [-0.1, -0.05) is 68.9 Å². The normalized spacial score (nSPS) is 15.8. The first kappa shape index (κ1) is 20.5. The van der Waals surface area contributed by atoms with E-state index >= 15 is 0 Å². The van der Waals surface area contributed by atoms with Gasteiger partial charge in [-0.05, 0) is 23.1 Å². The largest absolute Gasteiger partial charge is 0.485 e. The third-order valence-electron chi connectivity index (χ3n) is 5.07. The van der Waals surface area contributed by atoms with Crippen molar-refractivity contribution in [1.82, 2.24) is 14.8 Å². The van der Waals surface area contributed by atoms with Crippen LogP contribution in [-0.4, -0.2) is 32.9 Å². The molecular formula is C23H25N3O3S. The lowest BCUT2D eigenvalue weighted by Crippen LogP contribution is -2.24. The molecule has 0 aliphatic carbocycles. The van der Waals surface area contributed by atoms with E-state index in [1.54, 1.807) is 0 Å². The fraction of sp³-hybridized carbons (Fsp3) is 0.348. The molecule has 4 rings (SSSR count). The number of hydrogen-bond donors (Lipinski definition) is 0. The summed E-state index contributed by atoms with van der Waals surface area (Å²) in [6, 6.07) is 15.4. The van der Waals surface area contributed by atoms with E-state index in [2.05, 4.69) is 31.0 Å². The van der Waals surface area contributed by atoms with Crippen molar-refractivity contribution < 1.29 is 14.3 Å². The molecule has 3 aromatic rings. The van der Waals surface area contributed by atoms with Gasteiger partial charge in [0.1, 0.15) is 6.61 Å². The number of thioether (sulfide) groups is 1. The third-order valence-corrected chi connectivity index (χ3v) is 6.09. The predicted octanol–water partition coefficient (Wildman–Crippen LogP) is 4.60. The fourth-order valence-corrected chi connectivity index (χ4v) is 4.06. The summed E-state index contributed by atoms with van der Waals surface area (Å²) in [6.45, 7) is 6.84. The monoisotopic (exact) mass is 423 g/mol. The van der Waals surface area contributed by atoms with Gasteiger partial charge < -0.3 is 14.0 Å². The predicted molar refractivity (Wildman–Crippen MR) is 117 cm³/mol. The highest BCUT2D eigenvalue weighted by molar-refractivity contribution is 7.99. The molecule has 156 valence electrons. The van der Waals surface area contributed by atoms with E-state index in [1.807, 2.05) is 60.1 Å². The van der Waals surface area contributed by atoms with E-state index in [1.165, 1.54) is 17.3 Å². The van der Waals surface area contributed by atoms with Crippen LogP contribution in [0.5, 0.6) is 11.5 Å². The second kappa shape index (κ2) is 8.14. The Labute approximate surface area is 180 Å². The Morgan fingerprint density at radius 3 is 2.50 bits per heavy atom. The minimum atomic E-state index is -0.340. The number of carbonyl (C=O) groups is 1. The quantitative estimate of drug-likeness (QED) is 0.441. The SMILES string of the molecule is Cn1c(SCC(=O)c2ccc(C(C)(C)C)cc2)nnc1C1COc2ccccc2O1. The molecule has 1 aliphatic heterocycles. The minimum absolute atomic E-state index is 0.0659. The Kier molecular flexibility index (Phi) is 5.56. The van der Waals surface area contributed by atoms with Crippen LogP contribution in [0.15, 0.2) is 53.7 Å². The van der Waals surface area contributed by atoms with Crippen LogP contribution in [0.2, 0.25) is 0 Å². The van der Waals surface area contributed by atoms with Crippen LogP contribution in [0.4, 0.5) is 0 Å². The van der Waals surface area contributed by atoms with Gasteiger partial charge in [-0.25, -0.2) is 0 Å². The first-order valence-electron chi connectivity index (χ1n) is 9.87. The summed E-state index contributed by atoms with van der Waals surface area (Å²) in [7, 11) is 1.88. The van der Waals surface area contributed by atoms with Gasteiger partial charge >= 0.3 is 0 Å². The Morgan fingerprint density at radius 1 is 1.10 bits per heavy atom. The molecule has 0 saturated carbocycles. The molecule has 0 bridgehead atoms. The number of ether oxygens (including phenoxy) is 2. The van der Waals surface area contributed by atoms with E-state index in [0.29, 0.717) is 34.7 Å². The van der Waals surface area contributed by atoms with Crippen LogP contribution in [0.1, 0.15) is 48.6 Å². The van der Waals surface area contributed by atoms with Gasteiger partial charge in [-0.15, -0.1) is 10.2 Å². The van der Waals surface area contributed by atoms with Crippen molar-refractivity contribution in [3.05, 3.63) is 65.5 Å². The number of aromatic nitrogens is 3. The van der Waals surface area contributed by atoms with Crippen molar-refractivity contribution in [3.8, 4) is 11.5 Å². The number of ketones is 1. The number of nitrogens with zero attached hydrogens (tertiary/aromatic N) is 3. The van der Waals surface area contributed by atoms with Crippen molar-refractivity contribution >= 4 is 17.5 Å². The molecule has 0 spiro atoms. The maximum Gasteiger partial charge on any atom is 0.192 e. The number of hydrogen-bond acceptors (Lipinski definition) is 6. The molecule has 0 N–H and O–H groups in total. The van der Waals surface area contributed by atoms with Gasteiger partial charge in [0.2, 0.25) is 0 Å². The zero-order valence-corrected chi connectivity index (χ0v) is 18.4. The molecule has 30 heavy (non-hydrogen) atoms. The van der Waals surface area contributed by atoms with Crippen molar-refractivity contribution in [2.24, 2.45) is 7.05 Å². The molecule has 1 unspecified atom stereocenters. The summed E-state index contributed by atoms with van der Waals surface area (Å²) in [4.78, 5) is 12.6. The Morgan fingerprint density at radius 2 is 1.80 bits per heavy atom. The first-order chi connectivity index (χ1) is 14.3. The number of para-hydroxylation sites is 2. The Balaban J connectivity index is 1.41. The van der Waals surface area contributed by atoms with Crippen LogP contribution >= 0.6 is 11.8 Å². The zero-order valence-electron chi connectivity index (χ0n) is 17.6. The number of benzene rings is 2. The molecule has 1 atom stereocenters. The molecule has 0 fully saturated rings. The zero-order chi connectivity index (χ0) is 21.3. The van der Waals surface area contributed by atoms with Crippen LogP contribution in [0.25, 0.3) is 0 Å². The van der Waals surface area contributed by atoms with Gasteiger partial charge in [0.15, 0.2) is 34.4 Å². The molecule has 0 amide bonds. The maximum absolute atomic E-state index is 12.6. The highest BCUT2D eigenvalue weighted by atomic mass is 32.2. The standard InChI is InChI=1S/C23H25N3O3S/c1-23(2,3)16-11-9-15(10-12-16)17(27)14-30-22-25-24-21(26(22)4)20-13-28-18-7-5-6-8-19(18)29-20/h5-12,20H,13-14H2,1-4H3. The lowest BCUT2D eigenvalue weighted by Gasteiger charge is -2.25. The molecule has 0 radical (unpaired) electrons. The molecule has 2 heterocycles. The van der Waals surface area contributed by atoms with Crippen LogP contribution in [-0.2, 0) is 12.5 Å². The molecule has 1 aromatic heterocycles. The maximum atomic E-state index is 12.6.